The second-order valence-electron chi connectivity index (χ2n) is 5.23. The Morgan fingerprint density at radius 3 is 2.36 bits per heavy atom. The molecule has 7 heteroatoms. The second kappa shape index (κ2) is 9.07. The van der Waals surface area contributed by atoms with E-state index in [1.165, 1.54) is 12.2 Å². The normalized spacial score (nSPS) is 10.4. The number of hydrazine groups is 1. The molecule has 2 aromatic rings. The van der Waals surface area contributed by atoms with Gasteiger partial charge in [-0.1, -0.05) is 18.2 Å². The first-order valence-electron chi connectivity index (χ1n) is 7.71. The van der Waals surface area contributed by atoms with Crippen LogP contribution in [-0.2, 0) is 14.4 Å². The number of hydrogen-bond acceptors (Lipinski definition) is 4. The molecule has 1 heterocycles. The Kier molecular flexibility index (Phi) is 6.53. The molecule has 2 rings (SSSR count). The van der Waals surface area contributed by atoms with Gasteiger partial charge in [-0.15, -0.1) is 0 Å². The van der Waals surface area contributed by atoms with Gasteiger partial charge in [0.05, 0.1) is 0 Å². The molecule has 7 nitrogen and oxygen atoms in total. The van der Waals surface area contributed by atoms with Crippen LogP contribution in [0.1, 0.15) is 24.4 Å². The van der Waals surface area contributed by atoms with Gasteiger partial charge in [-0.3, -0.25) is 25.2 Å². The number of para-hydroxylation sites is 1. The number of rotatable bonds is 6. The zero-order chi connectivity index (χ0) is 18.1. The molecule has 0 unspecified atom stereocenters. The van der Waals surface area contributed by atoms with E-state index in [4.69, 9.17) is 4.42 Å². The Hall–Kier alpha value is -3.35. The maximum Gasteiger partial charge on any atom is 0.262 e. The molecule has 130 valence electrons. The predicted octanol–water partition coefficient (Wildman–Crippen LogP) is 2.17. The molecule has 0 radical (unpaired) electrons. The largest absolute Gasteiger partial charge is 0.462 e. The van der Waals surface area contributed by atoms with E-state index in [0.717, 1.165) is 5.76 Å². The lowest BCUT2D eigenvalue weighted by Crippen LogP contribution is -2.40. The lowest BCUT2D eigenvalue weighted by molar-refractivity contribution is -0.128. The molecule has 0 saturated carbocycles. The number of aryl methyl sites for hydroxylation is 1. The fourth-order valence-corrected chi connectivity index (χ4v) is 1.91. The minimum atomic E-state index is -0.504. The van der Waals surface area contributed by atoms with Crippen molar-refractivity contribution in [3.8, 4) is 0 Å². The molecule has 0 aliphatic carbocycles. The third-order valence-corrected chi connectivity index (χ3v) is 3.12. The van der Waals surface area contributed by atoms with Crippen molar-refractivity contribution < 1.29 is 18.8 Å². The topological polar surface area (TPSA) is 100 Å². The number of benzene rings is 1. The summed E-state index contributed by atoms with van der Waals surface area (Å²) in [6, 6.07) is 12.5. The third-order valence-electron chi connectivity index (χ3n) is 3.12. The SMILES string of the molecule is Cc1ccc(/C=C/C(=O)NNC(=O)CCC(=O)Nc2ccccc2)o1. The van der Waals surface area contributed by atoms with Crippen molar-refractivity contribution in [3.63, 3.8) is 0 Å². The first-order chi connectivity index (χ1) is 12.0. The zero-order valence-corrected chi connectivity index (χ0v) is 13.7. The summed E-state index contributed by atoms with van der Waals surface area (Å²) in [5, 5.41) is 2.67. The molecule has 0 bridgehead atoms. The molecular formula is C18H19N3O4. The van der Waals surface area contributed by atoms with E-state index in [9.17, 15) is 14.4 Å². The molecule has 1 aromatic carbocycles. The van der Waals surface area contributed by atoms with E-state index in [-0.39, 0.29) is 18.7 Å². The molecule has 0 aliphatic heterocycles. The van der Waals surface area contributed by atoms with E-state index >= 15 is 0 Å². The fourth-order valence-electron chi connectivity index (χ4n) is 1.91. The van der Waals surface area contributed by atoms with Crippen molar-refractivity contribution in [1.29, 1.82) is 0 Å². The van der Waals surface area contributed by atoms with Gasteiger partial charge >= 0.3 is 0 Å². The smallest absolute Gasteiger partial charge is 0.262 e. The van der Waals surface area contributed by atoms with Gasteiger partial charge in [-0.2, -0.15) is 0 Å². The molecular weight excluding hydrogens is 322 g/mol. The number of furan rings is 1. The van der Waals surface area contributed by atoms with Gasteiger partial charge in [-0.05, 0) is 37.3 Å². The Morgan fingerprint density at radius 2 is 1.68 bits per heavy atom. The van der Waals surface area contributed by atoms with E-state index < -0.39 is 11.8 Å². The number of carbonyl (C=O) groups excluding carboxylic acids is 3. The van der Waals surface area contributed by atoms with E-state index in [1.807, 2.05) is 6.07 Å². The van der Waals surface area contributed by atoms with Gasteiger partial charge in [0.15, 0.2) is 0 Å². The van der Waals surface area contributed by atoms with E-state index in [0.29, 0.717) is 11.4 Å². The van der Waals surface area contributed by atoms with Crippen molar-refractivity contribution in [2.45, 2.75) is 19.8 Å². The van der Waals surface area contributed by atoms with Gasteiger partial charge in [0.2, 0.25) is 11.8 Å². The van der Waals surface area contributed by atoms with Crippen molar-refractivity contribution in [2.24, 2.45) is 0 Å². The van der Waals surface area contributed by atoms with Crippen molar-refractivity contribution in [2.75, 3.05) is 5.32 Å². The average Bonchev–Trinajstić information content (AvgIpc) is 3.02. The molecule has 0 aliphatic rings. The van der Waals surface area contributed by atoms with Gasteiger partial charge in [0.1, 0.15) is 11.5 Å². The molecule has 25 heavy (non-hydrogen) atoms. The number of anilines is 1. The van der Waals surface area contributed by atoms with Gasteiger partial charge < -0.3 is 9.73 Å². The fraction of sp³-hybridized carbons (Fsp3) is 0.167. The van der Waals surface area contributed by atoms with Crippen molar-refractivity contribution in [3.05, 3.63) is 60.1 Å². The van der Waals surface area contributed by atoms with Crippen LogP contribution in [0.5, 0.6) is 0 Å². The molecule has 3 amide bonds. The summed E-state index contributed by atoms with van der Waals surface area (Å²) < 4.78 is 5.27. The number of nitrogens with one attached hydrogen (secondary N) is 3. The van der Waals surface area contributed by atoms with Crippen molar-refractivity contribution >= 4 is 29.5 Å². The number of amides is 3. The minimum absolute atomic E-state index is 0.0120. The maximum absolute atomic E-state index is 11.7. The quantitative estimate of drug-likeness (QED) is 0.554. The molecule has 3 N–H and O–H groups in total. The van der Waals surface area contributed by atoms with E-state index in [2.05, 4.69) is 16.2 Å². The third kappa shape index (κ3) is 6.74. The standard InChI is InChI=1S/C18H19N3O4/c1-13-7-8-15(25-13)9-10-17(23)20-21-18(24)12-11-16(22)19-14-5-3-2-4-6-14/h2-10H,11-12H2,1H3,(H,19,22)(H,20,23)(H,21,24)/b10-9+. The summed E-state index contributed by atoms with van der Waals surface area (Å²) in [5.41, 5.74) is 5.14. The lowest BCUT2D eigenvalue weighted by Gasteiger charge is -2.06. The summed E-state index contributed by atoms with van der Waals surface area (Å²) >= 11 is 0. The first kappa shape index (κ1) is 18.0. The Bertz CT molecular complexity index is 766. The van der Waals surface area contributed by atoms with Crippen LogP contribution in [0.3, 0.4) is 0 Å². The summed E-state index contributed by atoms with van der Waals surface area (Å²) in [5.74, 6) is 0.0365. The van der Waals surface area contributed by atoms with Gasteiger partial charge in [-0.25, -0.2) is 0 Å². The molecule has 1 aromatic heterocycles. The van der Waals surface area contributed by atoms with Crippen LogP contribution in [0, 0.1) is 6.92 Å². The molecule has 0 saturated heterocycles. The summed E-state index contributed by atoms with van der Waals surface area (Å²) in [4.78, 5) is 34.9. The highest BCUT2D eigenvalue weighted by Crippen LogP contribution is 2.07. The van der Waals surface area contributed by atoms with Crippen LogP contribution in [0.2, 0.25) is 0 Å². The highest BCUT2D eigenvalue weighted by molar-refractivity contribution is 5.95. The van der Waals surface area contributed by atoms with Crippen LogP contribution < -0.4 is 16.2 Å². The Labute approximate surface area is 145 Å². The zero-order valence-electron chi connectivity index (χ0n) is 13.7. The Balaban J connectivity index is 1.65. The van der Waals surface area contributed by atoms with Gasteiger partial charge in [0, 0.05) is 24.6 Å². The summed E-state index contributed by atoms with van der Waals surface area (Å²) in [6.07, 6.45) is 2.70. The van der Waals surface area contributed by atoms with Crippen LogP contribution in [0.15, 0.2) is 53.0 Å². The highest BCUT2D eigenvalue weighted by atomic mass is 16.3. The van der Waals surface area contributed by atoms with E-state index in [1.54, 1.807) is 43.3 Å². The number of hydrogen-bond donors (Lipinski definition) is 3. The van der Waals surface area contributed by atoms with Crippen LogP contribution in [0.25, 0.3) is 6.08 Å². The Morgan fingerprint density at radius 1 is 0.960 bits per heavy atom. The maximum atomic E-state index is 11.7. The second-order valence-corrected chi connectivity index (χ2v) is 5.23. The predicted molar refractivity (Wildman–Crippen MR) is 93.1 cm³/mol. The molecule has 0 atom stereocenters. The average molecular weight is 341 g/mol. The minimum Gasteiger partial charge on any atom is -0.462 e. The van der Waals surface area contributed by atoms with Crippen LogP contribution >= 0.6 is 0 Å². The molecule has 0 spiro atoms. The van der Waals surface area contributed by atoms with Crippen LogP contribution in [-0.4, -0.2) is 17.7 Å². The summed E-state index contributed by atoms with van der Waals surface area (Å²) in [7, 11) is 0. The molecule has 0 fully saturated rings. The highest BCUT2D eigenvalue weighted by Gasteiger charge is 2.07. The monoisotopic (exact) mass is 341 g/mol. The number of carbonyl (C=O) groups is 3. The van der Waals surface area contributed by atoms with Crippen molar-refractivity contribution in [1.82, 2.24) is 10.9 Å². The lowest BCUT2D eigenvalue weighted by atomic mass is 10.2. The first-order valence-corrected chi connectivity index (χ1v) is 7.71. The van der Waals surface area contributed by atoms with Crippen LogP contribution in [0.4, 0.5) is 5.69 Å². The van der Waals surface area contributed by atoms with Gasteiger partial charge in [0.25, 0.3) is 5.91 Å². The summed E-state index contributed by atoms with van der Waals surface area (Å²) in [6.45, 7) is 1.80.